The van der Waals surface area contributed by atoms with Crippen LogP contribution in [0.25, 0.3) is 0 Å². The first-order valence-corrected chi connectivity index (χ1v) is 12.9. The van der Waals surface area contributed by atoms with Gasteiger partial charge in [0, 0.05) is 18.8 Å². The van der Waals surface area contributed by atoms with Crippen molar-refractivity contribution in [2.24, 2.45) is 5.41 Å². The minimum Gasteiger partial charge on any atom is -0.370 e. The van der Waals surface area contributed by atoms with Crippen LogP contribution in [-0.2, 0) is 5.75 Å². The summed E-state index contributed by atoms with van der Waals surface area (Å²) in [4.78, 5) is 2.49. The molecule has 6 heteroatoms. The third kappa shape index (κ3) is 6.88. The van der Waals surface area contributed by atoms with Crippen molar-refractivity contribution in [3.63, 3.8) is 0 Å². The van der Waals surface area contributed by atoms with Crippen molar-refractivity contribution in [2.45, 2.75) is 54.7 Å². The number of anilines is 1. The molecule has 0 N–H and O–H groups in total. The maximum absolute atomic E-state index is 6.62. The number of benzene rings is 1. The standard InChI is InChI=1S/C20H27ClN2S3.C2H6/c1-20(2)10-12-23(13-11-20)19-15(6-5-7-16(19)21)14-24-17-8-9-18(25-17)26-22(3)4;1-2/h5-9H,10-14H2,1-4H3;1-2H3. The fourth-order valence-corrected chi connectivity index (χ4v) is 6.80. The maximum atomic E-state index is 6.62. The molecule has 1 saturated heterocycles. The van der Waals surface area contributed by atoms with Crippen molar-refractivity contribution in [1.29, 1.82) is 0 Å². The molecule has 0 bridgehead atoms. The second-order valence-corrected chi connectivity index (χ2v) is 12.0. The van der Waals surface area contributed by atoms with Crippen LogP contribution in [0.15, 0.2) is 38.8 Å². The van der Waals surface area contributed by atoms with E-state index in [0.29, 0.717) is 5.41 Å². The number of para-hydroxylation sites is 1. The first kappa shape index (κ1) is 23.9. The Balaban J connectivity index is 0.00000136. The molecule has 0 atom stereocenters. The van der Waals surface area contributed by atoms with E-state index in [1.165, 1.54) is 32.5 Å². The van der Waals surface area contributed by atoms with Crippen molar-refractivity contribution >= 4 is 52.3 Å². The molecule has 1 aliphatic heterocycles. The maximum Gasteiger partial charge on any atom is 0.0765 e. The molecule has 0 spiro atoms. The van der Waals surface area contributed by atoms with Gasteiger partial charge in [-0.15, -0.1) is 23.1 Å². The summed E-state index contributed by atoms with van der Waals surface area (Å²) in [5, 5.41) is 0.887. The van der Waals surface area contributed by atoms with Crippen LogP contribution < -0.4 is 4.90 Å². The molecule has 0 saturated carbocycles. The van der Waals surface area contributed by atoms with Gasteiger partial charge in [-0.1, -0.05) is 51.4 Å². The summed E-state index contributed by atoms with van der Waals surface area (Å²) in [5.74, 6) is 0.961. The van der Waals surface area contributed by atoms with E-state index >= 15 is 0 Å². The van der Waals surface area contributed by atoms with Gasteiger partial charge < -0.3 is 4.90 Å². The Morgan fingerprint density at radius 1 is 1.07 bits per heavy atom. The largest absolute Gasteiger partial charge is 0.370 e. The Bertz CT molecular complexity index is 733. The second-order valence-electron chi connectivity index (χ2n) is 7.66. The zero-order chi connectivity index (χ0) is 20.7. The SMILES string of the molecule is CC.CN(C)Sc1ccc(SCc2cccc(Cl)c2N2CCC(C)(C)CC2)s1. The summed E-state index contributed by atoms with van der Waals surface area (Å²) in [6.07, 6.45) is 2.45. The lowest BCUT2D eigenvalue weighted by molar-refractivity contribution is 0.279. The van der Waals surface area contributed by atoms with E-state index in [4.69, 9.17) is 11.6 Å². The number of rotatable bonds is 6. The number of thioether (sulfide) groups is 1. The number of piperidine rings is 1. The molecule has 2 heterocycles. The zero-order valence-electron chi connectivity index (χ0n) is 17.9. The predicted octanol–water partition coefficient (Wildman–Crippen LogP) is 7.92. The Labute approximate surface area is 189 Å². The van der Waals surface area contributed by atoms with Crippen molar-refractivity contribution in [3.8, 4) is 0 Å². The van der Waals surface area contributed by atoms with Crippen molar-refractivity contribution in [3.05, 3.63) is 40.9 Å². The van der Waals surface area contributed by atoms with Gasteiger partial charge in [-0.2, -0.15) is 0 Å². The lowest BCUT2D eigenvalue weighted by atomic mass is 9.82. The van der Waals surface area contributed by atoms with Crippen LogP contribution in [0.5, 0.6) is 0 Å². The monoisotopic (exact) mass is 456 g/mol. The third-order valence-electron chi connectivity index (χ3n) is 4.70. The fraction of sp³-hybridized carbons (Fsp3) is 0.545. The van der Waals surface area contributed by atoms with E-state index in [1.807, 2.05) is 43.0 Å². The second kappa shape index (κ2) is 11.2. The van der Waals surface area contributed by atoms with Gasteiger partial charge in [0.05, 0.1) is 19.1 Å². The van der Waals surface area contributed by atoms with E-state index in [9.17, 15) is 0 Å². The Morgan fingerprint density at radius 3 is 2.36 bits per heavy atom. The Kier molecular flexibility index (Phi) is 9.55. The molecule has 1 aromatic carbocycles. The third-order valence-corrected chi connectivity index (χ3v) is 8.32. The van der Waals surface area contributed by atoms with Gasteiger partial charge in [0.1, 0.15) is 0 Å². The molecule has 0 aliphatic carbocycles. The molecule has 28 heavy (non-hydrogen) atoms. The van der Waals surface area contributed by atoms with Crippen LogP contribution >= 0.6 is 46.6 Å². The summed E-state index contributed by atoms with van der Waals surface area (Å²) in [6.45, 7) is 10.9. The number of nitrogens with zero attached hydrogens (tertiary/aromatic N) is 2. The summed E-state index contributed by atoms with van der Waals surface area (Å²) >= 11 is 12.2. The van der Waals surface area contributed by atoms with Gasteiger partial charge in [-0.3, -0.25) is 4.31 Å². The lowest BCUT2D eigenvalue weighted by Gasteiger charge is -2.39. The van der Waals surface area contributed by atoms with Gasteiger partial charge >= 0.3 is 0 Å². The summed E-state index contributed by atoms with van der Waals surface area (Å²) in [5.41, 5.74) is 3.04. The molecular formula is C22H33ClN2S3. The first-order valence-electron chi connectivity index (χ1n) is 9.94. The summed E-state index contributed by atoms with van der Waals surface area (Å²) in [6, 6.07) is 10.8. The van der Waals surface area contributed by atoms with Gasteiger partial charge in [0.2, 0.25) is 0 Å². The van der Waals surface area contributed by atoms with Gasteiger partial charge in [0.15, 0.2) is 0 Å². The molecule has 0 unspecified atom stereocenters. The number of hydrogen-bond acceptors (Lipinski definition) is 5. The van der Waals surface area contributed by atoms with Gasteiger partial charge in [-0.25, -0.2) is 0 Å². The van der Waals surface area contributed by atoms with Crippen molar-refractivity contribution in [2.75, 3.05) is 32.1 Å². The van der Waals surface area contributed by atoms with Crippen molar-refractivity contribution < 1.29 is 0 Å². The molecule has 0 amide bonds. The highest BCUT2D eigenvalue weighted by Crippen LogP contribution is 2.40. The minimum absolute atomic E-state index is 0.449. The molecular weight excluding hydrogens is 424 g/mol. The van der Waals surface area contributed by atoms with E-state index < -0.39 is 0 Å². The highest BCUT2D eigenvalue weighted by molar-refractivity contribution is 8.02. The van der Waals surface area contributed by atoms with Crippen LogP contribution in [0.2, 0.25) is 5.02 Å². The molecule has 2 aromatic rings. The van der Waals surface area contributed by atoms with E-state index in [-0.39, 0.29) is 0 Å². The van der Waals surface area contributed by atoms with E-state index in [1.54, 1.807) is 11.9 Å². The van der Waals surface area contributed by atoms with E-state index in [0.717, 1.165) is 23.9 Å². The highest BCUT2D eigenvalue weighted by Gasteiger charge is 2.27. The number of halogens is 1. The van der Waals surface area contributed by atoms with E-state index in [2.05, 4.69) is 61.4 Å². The topological polar surface area (TPSA) is 6.48 Å². The average molecular weight is 457 g/mol. The predicted molar refractivity (Wildman–Crippen MR) is 131 cm³/mol. The quantitative estimate of drug-likeness (QED) is 0.321. The van der Waals surface area contributed by atoms with Crippen LogP contribution in [0.4, 0.5) is 5.69 Å². The average Bonchev–Trinajstić information content (AvgIpc) is 3.09. The summed E-state index contributed by atoms with van der Waals surface area (Å²) < 4.78 is 4.83. The summed E-state index contributed by atoms with van der Waals surface area (Å²) in [7, 11) is 4.16. The Hall–Kier alpha value is -0.330. The molecule has 3 rings (SSSR count). The molecule has 156 valence electrons. The highest BCUT2D eigenvalue weighted by atomic mass is 35.5. The number of thiophene rings is 1. The first-order chi connectivity index (χ1) is 13.3. The molecule has 0 radical (unpaired) electrons. The lowest BCUT2D eigenvalue weighted by Crippen LogP contribution is -2.37. The molecule has 1 aliphatic rings. The zero-order valence-corrected chi connectivity index (χ0v) is 21.1. The van der Waals surface area contributed by atoms with Crippen LogP contribution in [0.3, 0.4) is 0 Å². The normalized spacial score (nSPS) is 16.1. The molecule has 1 fully saturated rings. The fourth-order valence-electron chi connectivity index (χ4n) is 3.12. The van der Waals surface area contributed by atoms with Crippen molar-refractivity contribution in [1.82, 2.24) is 4.31 Å². The Morgan fingerprint density at radius 2 is 1.71 bits per heavy atom. The minimum atomic E-state index is 0.449. The molecule has 1 aromatic heterocycles. The van der Waals surface area contributed by atoms with Crippen LogP contribution in [0, 0.1) is 5.41 Å². The smallest absolute Gasteiger partial charge is 0.0765 e. The molecule has 2 nitrogen and oxygen atoms in total. The van der Waals surface area contributed by atoms with Gasteiger partial charge in [-0.05, 0) is 68.1 Å². The van der Waals surface area contributed by atoms with Gasteiger partial charge in [0.25, 0.3) is 0 Å². The van der Waals surface area contributed by atoms with Crippen LogP contribution in [-0.4, -0.2) is 31.5 Å². The van der Waals surface area contributed by atoms with Crippen LogP contribution in [0.1, 0.15) is 46.1 Å². The number of hydrogen-bond donors (Lipinski definition) is 0.